The minimum absolute atomic E-state index is 0.141. The molecule has 0 saturated carbocycles. The van der Waals surface area contributed by atoms with Gasteiger partial charge in [-0.25, -0.2) is 4.98 Å². The molecule has 2 aliphatic rings. The number of piperidine rings is 1. The number of carbonyl (C=O) groups excluding carboxylic acids is 1. The number of rotatable bonds is 6. The molecule has 1 aromatic heterocycles. The van der Waals surface area contributed by atoms with Crippen molar-refractivity contribution in [3.63, 3.8) is 0 Å². The molecule has 140 valence electrons. The number of H-pyrrole nitrogens is 1. The first-order chi connectivity index (χ1) is 12.8. The van der Waals surface area contributed by atoms with Crippen molar-refractivity contribution < 1.29 is 4.79 Å². The van der Waals surface area contributed by atoms with Crippen LogP contribution in [0.1, 0.15) is 32.1 Å². The molecule has 0 radical (unpaired) electrons. The average Bonchev–Trinajstić information content (AvgIpc) is 3.34. The zero-order valence-electron chi connectivity index (χ0n) is 15.4. The third-order valence-corrected chi connectivity index (χ3v) is 5.69. The number of amides is 1. The van der Waals surface area contributed by atoms with Crippen LogP contribution in [0.4, 0.5) is 5.95 Å². The zero-order chi connectivity index (χ0) is 17.8. The molecule has 6 nitrogen and oxygen atoms in total. The fraction of sp³-hybridized carbons (Fsp3) is 0.600. The first-order valence-corrected chi connectivity index (χ1v) is 9.99. The number of para-hydroxylation sites is 2. The molecule has 2 saturated heterocycles. The van der Waals surface area contributed by atoms with E-state index in [-0.39, 0.29) is 11.8 Å². The molecule has 1 aromatic carbocycles. The average molecular weight is 355 g/mol. The van der Waals surface area contributed by atoms with Gasteiger partial charge in [-0.2, -0.15) is 0 Å². The maximum absolute atomic E-state index is 12.4. The molecule has 4 rings (SSSR count). The fourth-order valence-electron chi connectivity index (χ4n) is 4.11. The minimum Gasteiger partial charge on any atom is -0.356 e. The Morgan fingerprint density at radius 3 is 2.69 bits per heavy atom. The molecular weight excluding hydrogens is 326 g/mol. The number of anilines is 1. The Labute approximate surface area is 155 Å². The lowest BCUT2D eigenvalue weighted by atomic mass is 9.96. The third-order valence-electron chi connectivity index (χ3n) is 5.69. The molecule has 0 unspecified atom stereocenters. The van der Waals surface area contributed by atoms with E-state index in [1.165, 1.54) is 25.9 Å². The number of hydrogen-bond acceptors (Lipinski definition) is 4. The van der Waals surface area contributed by atoms with Crippen LogP contribution < -0.4 is 10.2 Å². The first-order valence-electron chi connectivity index (χ1n) is 9.99. The second kappa shape index (κ2) is 8.08. The standard InChI is InChI=1S/C20H29N5O/c26-19(21-10-5-13-24-11-3-4-12-24)16-8-14-25(15-9-16)20-22-17-6-1-2-7-18(17)23-20/h1-2,6-7,16H,3-5,8-15H2,(H,21,26)(H,22,23). The van der Waals surface area contributed by atoms with E-state index in [0.29, 0.717) is 0 Å². The predicted molar refractivity (Wildman–Crippen MR) is 104 cm³/mol. The molecule has 6 heteroatoms. The molecule has 2 aromatic rings. The molecular formula is C20H29N5O. The van der Waals surface area contributed by atoms with Crippen molar-refractivity contribution in [2.24, 2.45) is 5.92 Å². The van der Waals surface area contributed by atoms with Crippen LogP contribution in [0.2, 0.25) is 0 Å². The Balaban J connectivity index is 1.20. The van der Waals surface area contributed by atoms with Gasteiger partial charge in [-0.1, -0.05) is 12.1 Å². The van der Waals surface area contributed by atoms with Crippen molar-refractivity contribution in [3.05, 3.63) is 24.3 Å². The summed E-state index contributed by atoms with van der Waals surface area (Å²) in [5, 5.41) is 3.14. The summed E-state index contributed by atoms with van der Waals surface area (Å²) in [4.78, 5) is 25.2. The molecule has 2 N–H and O–H groups in total. The van der Waals surface area contributed by atoms with E-state index in [1.807, 2.05) is 24.3 Å². The van der Waals surface area contributed by atoms with Crippen molar-refractivity contribution in [3.8, 4) is 0 Å². The predicted octanol–water partition coefficient (Wildman–Crippen LogP) is 2.38. The smallest absolute Gasteiger partial charge is 0.223 e. The summed E-state index contributed by atoms with van der Waals surface area (Å²) in [7, 11) is 0. The van der Waals surface area contributed by atoms with Gasteiger partial charge in [-0.3, -0.25) is 4.79 Å². The summed E-state index contributed by atoms with van der Waals surface area (Å²) in [6.45, 7) is 6.14. The summed E-state index contributed by atoms with van der Waals surface area (Å²) in [6, 6.07) is 8.10. The summed E-state index contributed by atoms with van der Waals surface area (Å²) in [5.41, 5.74) is 2.07. The highest BCUT2D eigenvalue weighted by atomic mass is 16.1. The van der Waals surface area contributed by atoms with Crippen LogP contribution >= 0.6 is 0 Å². The lowest BCUT2D eigenvalue weighted by Gasteiger charge is -2.31. The van der Waals surface area contributed by atoms with E-state index in [4.69, 9.17) is 0 Å². The van der Waals surface area contributed by atoms with E-state index in [0.717, 1.165) is 62.4 Å². The number of fused-ring (bicyclic) bond motifs is 1. The van der Waals surface area contributed by atoms with Gasteiger partial charge in [0.05, 0.1) is 11.0 Å². The normalized spacial score (nSPS) is 19.3. The van der Waals surface area contributed by atoms with Gasteiger partial charge < -0.3 is 20.1 Å². The molecule has 2 aliphatic heterocycles. The van der Waals surface area contributed by atoms with Crippen molar-refractivity contribution in [1.29, 1.82) is 0 Å². The van der Waals surface area contributed by atoms with Crippen LogP contribution in [-0.2, 0) is 4.79 Å². The van der Waals surface area contributed by atoms with Gasteiger partial charge in [0.25, 0.3) is 0 Å². The highest BCUT2D eigenvalue weighted by molar-refractivity contribution is 5.79. The quantitative estimate of drug-likeness (QED) is 0.781. The number of nitrogens with one attached hydrogen (secondary N) is 2. The van der Waals surface area contributed by atoms with Gasteiger partial charge >= 0.3 is 0 Å². The molecule has 0 spiro atoms. The maximum Gasteiger partial charge on any atom is 0.223 e. The summed E-state index contributed by atoms with van der Waals surface area (Å²) in [5.74, 6) is 1.30. The van der Waals surface area contributed by atoms with Crippen LogP contribution in [0.25, 0.3) is 11.0 Å². The Hall–Kier alpha value is -2.08. The van der Waals surface area contributed by atoms with Crippen LogP contribution in [0.5, 0.6) is 0 Å². The second-order valence-corrected chi connectivity index (χ2v) is 7.53. The highest BCUT2D eigenvalue weighted by Gasteiger charge is 2.26. The van der Waals surface area contributed by atoms with Gasteiger partial charge in [0.15, 0.2) is 0 Å². The van der Waals surface area contributed by atoms with Crippen molar-refractivity contribution >= 4 is 22.9 Å². The number of carbonyl (C=O) groups is 1. The van der Waals surface area contributed by atoms with Gasteiger partial charge in [0, 0.05) is 25.6 Å². The van der Waals surface area contributed by atoms with Crippen LogP contribution in [0.15, 0.2) is 24.3 Å². The molecule has 1 amide bonds. The summed E-state index contributed by atoms with van der Waals surface area (Å²) >= 11 is 0. The molecule has 0 atom stereocenters. The van der Waals surface area contributed by atoms with E-state index in [9.17, 15) is 4.79 Å². The molecule has 0 bridgehead atoms. The Bertz CT molecular complexity index is 696. The lowest BCUT2D eigenvalue weighted by Crippen LogP contribution is -2.41. The topological polar surface area (TPSA) is 64.3 Å². The van der Waals surface area contributed by atoms with Gasteiger partial charge in [-0.05, 0) is 63.9 Å². The Morgan fingerprint density at radius 1 is 1.15 bits per heavy atom. The molecule has 0 aliphatic carbocycles. The SMILES string of the molecule is O=C(NCCCN1CCCC1)C1CCN(c2nc3ccccc3[nH]2)CC1. The number of likely N-dealkylation sites (tertiary alicyclic amines) is 1. The Morgan fingerprint density at radius 2 is 1.92 bits per heavy atom. The number of imidazole rings is 1. The second-order valence-electron chi connectivity index (χ2n) is 7.53. The number of aromatic nitrogens is 2. The van der Waals surface area contributed by atoms with E-state index in [1.54, 1.807) is 0 Å². The lowest BCUT2D eigenvalue weighted by molar-refractivity contribution is -0.125. The van der Waals surface area contributed by atoms with Gasteiger partial charge in [0.1, 0.15) is 0 Å². The monoisotopic (exact) mass is 355 g/mol. The largest absolute Gasteiger partial charge is 0.356 e. The molecule has 26 heavy (non-hydrogen) atoms. The van der Waals surface area contributed by atoms with Crippen molar-refractivity contribution in [2.45, 2.75) is 32.1 Å². The number of nitrogens with zero attached hydrogens (tertiary/aromatic N) is 3. The third kappa shape index (κ3) is 4.01. The molecule has 2 fully saturated rings. The minimum atomic E-state index is 0.141. The van der Waals surface area contributed by atoms with Gasteiger partial charge in [-0.15, -0.1) is 0 Å². The molecule has 3 heterocycles. The fourth-order valence-corrected chi connectivity index (χ4v) is 4.11. The zero-order valence-corrected chi connectivity index (χ0v) is 15.4. The number of hydrogen-bond donors (Lipinski definition) is 2. The maximum atomic E-state index is 12.4. The number of aromatic amines is 1. The van der Waals surface area contributed by atoms with E-state index >= 15 is 0 Å². The first kappa shape index (κ1) is 17.3. The van der Waals surface area contributed by atoms with Gasteiger partial charge in [0.2, 0.25) is 11.9 Å². The summed E-state index contributed by atoms with van der Waals surface area (Å²) in [6.07, 6.45) is 5.51. The number of benzene rings is 1. The Kier molecular flexibility index (Phi) is 5.39. The van der Waals surface area contributed by atoms with Crippen LogP contribution in [0.3, 0.4) is 0 Å². The van der Waals surface area contributed by atoms with Crippen molar-refractivity contribution in [2.75, 3.05) is 44.2 Å². The van der Waals surface area contributed by atoms with Crippen LogP contribution in [-0.4, -0.2) is 60.0 Å². The van der Waals surface area contributed by atoms with E-state index in [2.05, 4.69) is 25.1 Å². The van der Waals surface area contributed by atoms with Crippen LogP contribution in [0, 0.1) is 5.92 Å². The van der Waals surface area contributed by atoms with E-state index < -0.39 is 0 Å². The summed E-state index contributed by atoms with van der Waals surface area (Å²) < 4.78 is 0. The van der Waals surface area contributed by atoms with Crippen molar-refractivity contribution in [1.82, 2.24) is 20.2 Å². The highest BCUT2D eigenvalue weighted by Crippen LogP contribution is 2.23.